The maximum absolute atomic E-state index is 16.2. The molecule has 1 saturated heterocycles. The van der Waals surface area contributed by atoms with Crippen LogP contribution in [-0.2, 0) is 0 Å². The fraction of sp³-hybridized carbons (Fsp3) is 0.292. The van der Waals surface area contributed by atoms with Crippen LogP contribution in [0.1, 0.15) is 12.5 Å². The van der Waals surface area contributed by atoms with Crippen LogP contribution in [0.2, 0.25) is 5.02 Å². The van der Waals surface area contributed by atoms with Crippen molar-refractivity contribution >= 4 is 39.1 Å². The van der Waals surface area contributed by atoms with Crippen LogP contribution in [0.4, 0.5) is 10.2 Å². The Labute approximate surface area is 194 Å². The van der Waals surface area contributed by atoms with E-state index in [0.29, 0.717) is 46.2 Å². The van der Waals surface area contributed by atoms with Crippen molar-refractivity contribution in [2.75, 3.05) is 31.6 Å². The first-order valence-electron chi connectivity index (χ1n) is 10.7. The quantitative estimate of drug-likeness (QED) is 0.473. The number of fused-ring (bicyclic) bond motifs is 2. The van der Waals surface area contributed by atoms with Crippen LogP contribution in [0.15, 0.2) is 35.5 Å². The number of ether oxygens (including phenoxy) is 1. The van der Waals surface area contributed by atoms with Gasteiger partial charge in [0, 0.05) is 43.0 Å². The average Bonchev–Trinajstić information content (AvgIpc) is 2.81. The Morgan fingerprint density at radius 2 is 2.03 bits per heavy atom. The normalized spacial score (nSPS) is 16.5. The summed E-state index contributed by atoms with van der Waals surface area (Å²) in [5.74, 6) is 0.250. The number of piperazine rings is 1. The number of nitrogens with zero attached hydrogens (tertiary/aromatic N) is 3. The number of hydrogen-bond donors (Lipinski definition) is 2. The van der Waals surface area contributed by atoms with Crippen LogP contribution in [0.5, 0.6) is 5.75 Å². The molecule has 2 aromatic carbocycles. The lowest BCUT2D eigenvalue weighted by Crippen LogP contribution is -2.49. The standard InChI is InChI=1S/C24H23ClFN5O2/c1-12-4-5-14-6-7-28-24(32)16(14)15(12)17-19(25)22(33-3)18-21(20(17)26)29-11-30-23(18)31-9-8-27-13(2)10-31/h4-7,11,13,27H,8-10H2,1-3H3,(H,28,32)/t13-/m1/s1. The fourth-order valence-corrected chi connectivity index (χ4v) is 5.02. The molecule has 0 saturated carbocycles. The van der Waals surface area contributed by atoms with Gasteiger partial charge < -0.3 is 19.9 Å². The summed E-state index contributed by atoms with van der Waals surface area (Å²) < 4.78 is 21.9. The molecule has 0 bridgehead atoms. The Morgan fingerprint density at radius 3 is 2.79 bits per heavy atom. The predicted octanol–water partition coefficient (Wildman–Crippen LogP) is 4.05. The van der Waals surface area contributed by atoms with Gasteiger partial charge in [-0.1, -0.05) is 23.7 Å². The van der Waals surface area contributed by atoms with E-state index < -0.39 is 5.82 Å². The van der Waals surface area contributed by atoms with Gasteiger partial charge in [-0.15, -0.1) is 0 Å². The van der Waals surface area contributed by atoms with E-state index in [9.17, 15) is 4.79 Å². The molecule has 0 radical (unpaired) electrons. The minimum absolute atomic E-state index is 0.0839. The predicted molar refractivity (Wildman–Crippen MR) is 129 cm³/mol. The lowest BCUT2D eigenvalue weighted by atomic mass is 9.93. The number of pyridine rings is 1. The Morgan fingerprint density at radius 1 is 1.21 bits per heavy atom. The summed E-state index contributed by atoms with van der Waals surface area (Å²) in [7, 11) is 1.49. The first kappa shape index (κ1) is 21.6. The molecule has 1 atom stereocenters. The summed E-state index contributed by atoms with van der Waals surface area (Å²) in [6.45, 7) is 6.09. The smallest absolute Gasteiger partial charge is 0.256 e. The summed E-state index contributed by atoms with van der Waals surface area (Å²) in [6, 6.07) is 5.70. The maximum atomic E-state index is 16.2. The largest absolute Gasteiger partial charge is 0.494 e. The van der Waals surface area contributed by atoms with Crippen molar-refractivity contribution in [1.82, 2.24) is 20.3 Å². The van der Waals surface area contributed by atoms with Gasteiger partial charge in [0.2, 0.25) is 0 Å². The number of halogens is 2. The van der Waals surface area contributed by atoms with Gasteiger partial charge in [0.15, 0.2) is 11.6 Å². The first-order valence-corrected chi connectivity index (χ1v) is 11.1. The summed E-state index contributed by atoms with van der Waals surface area (Å²) in [5.41, 5.74) is 1.02. The monoisotopic (exact) mass is 467 g/mol. The molecule has 9 heteroatoms. The number of aryl methyl sites for hydroxylation is 1. The van der Waals surface area contributed by atoms with Gasteiger partial charge in [-0.2, -0.15) is 0 Å². The van der Waals surface area contributed by atoms with Crippen LogP contribution in [-0.4, -0.2) is 47.7 Å². The van der Waals surface area contributed by atoms with Crippen molar-refractivity contribution in [2.45, 2.75) is 19.9 Å². The van der Waals surface area contributed by atoms with Gasteiger partial charge in [0.05, 0.1) is 22.9 Å². The van der Waals surface area contributed by atoms with Crippen LogP contribution < -0.4 is 20.5 Å². The summed E-state index contributed by atoms with van der Waals surface area (Å²) in [5, 5.41) is 4.95. The minimum atomic E-state index is -0.610. The molecule has 0 amide bonds. The van der Waals surface area contributed by atoms with Crippen LogP contribution >= 0.6 is 11.6 Å². The molecule has 1 aliphatic heterocycles. The maximum Gasteiger partial charge on any atom is 0.256 e. The van der Waals surface area contributed by atoms with Crippen molar-refractivity contribution < 1.29 is 9.13 Å². The third kappa shape index (κ3) is 3.41. The number of benzene rings is 2. The highest BCUT2D eigenvalue weighted by atomic mass is 35.5. The van der Waals surface area contributed by atoms with Crippen molar-refractivity contribution in [2.24, 2.45) is 0 Å². The van der Waals surface area contributed by atoms with Crippen LogP contribution in [0.3, 0.4) is 0 Å². The number of aromatic nitrogens is 3. The van der Waals surface area contributed by atoms with E-state index in [-0.39, 0.29) is 33.5 Å². The highest BCUT2D eigenvalue weighted by molar-refractivity contribution is 6.37. The molecule has 0 unspecified atom stereocenters. The van der Waals surface area contributed by atoms with E-state index in [1.165, 1.54) is 13.4 Å². The number of aromatic amines is 1. The molecule has 0 aliphatic carbocycles. The van der Waals surface area contributed by atoms with Crippen LogP contribution in [0.25, 0.3) is 32.8 Å². The van der Waals surface area contributed by atoms with Crippen molar-refractivity contribution in [3.8, 4) is 16.9 Å². The van der Waals surface area contributed by atoms with Gasteiger partial charge in [-0.25, -0.2) is 14.4 Å². The molecular weight excluding hydrogens is 445 g/mol. The van der Waals surface area contributed by atoms with E-state index in [1.54, 1.807) is 12.3 Å². The van der Waals surface area contributed by atoms with E-state index in [2.05, 4.69) is 32.1 Å². The Hall–Kier alpha value is -3.23. The molecule has 170 valence electrons. The fourth-order valence-electron chi connectivity index (χ4n) is 4.67. The van der Waals surface area contributed by atoms with Gasteiger partial charge in [0.1, 0.15) is 17.7 Å². The van der Waals surface area contributed by atoms with Crippen molar-refractivity contribution in [1.29, 1.82) is 0 Å². The lowest BCUT2D eigenvalue weighted by Gasteiger charge is -2.33. The zero-order chi connectivity index (χ0) is 23.3. The molecule has 3 heterocycles. The van der Waals surface area contributed by atoms with Crippen LogP contribution in [0, 0.1) is 12.7 Å². The van der Waals surface area contributed by atoms with E-state index in [0.717, 1.165) is 6.54 Å². The Bertz CT molecular complexity index is 1460. The average molecular weight is 468 g/mol. The number of H-pyrrole nitrogens is 1. The molecule has 0 spiro atoms. The molecule has 1 aliphatic rings. The second-order valence-electron chi connectivity index (χ2n) is 8.29. The number of anilines is 1. The molecule has 5 rings (SSSR count). The third-order valence-corrected chi connectivity index (χ3v) is 6.53. The zero-order valence-electron chi connectivity index (χ0n) is 18.5. The van der Waals surface area contributed by atoms with E-state index in [4.69, 9.17) is 16.3 Å². The summed E-state index contributed by atoms with van der Waals surface area (Å²) >= 11 is 6.83. The Kier molecular flexibility index (Phi) is 5.42. The second kappa shape index (κ2) is 8.28. The number of nitrogens with one attached hydrogen (secondary N) is 2. The number of hydrogen-bond acceptors (Lipinski definition) is 6. The highest BCUT2D eigenvalue weighted by Crippen LogP contribution is 2.47. The third-order valence-electron chi connectivity index (χ3n) is 6.17. The molecule has 4 aromatic rings. The van der Waals surface area contributed by atoms with Crippen molar-refractivity contribution in [3.63, 3.8) is 0 Å². The summed E-state index contributed by atoms with van der Waals surface area (Å²) in [6.07, 6.45) is 2.92. The van der Waals surface area contributed by atoms with Gasteiger partial charge in [-0.3, -0.25) is 4.79 Å². The molecule has 7 nitrogen and oxygen atoms in total. The zero-order valence-corrected chi connectivity index (χ0v) is 19.3. The van der Waals surface area contributed by atoms with Gasteiger partial charge >= 0.3 is 0 Å². The van der Waals surface area contributed by atoms with E-state index >= 15 is 4.39 Å². The highest BCUT2D eigenvalue weighted by Gasteiger charge is 2.29. The summed E-state index contributed by atoms with van der Waals surface area (Å²) in [4.78, 5) is 26.3. The lowest BCUT2D eigenvalue weighted by molar-refractivity contribution is 0.419. The molecular formula is C24H23ClFN5O2. The molecule has 2 aromatic heterocycles. The van der Waals surface area contributed by atoms with E-state index in [1.807, 2.05) is 19.1 Å². The molecule has 2 N–H and O–H groups in total. The number of methoxy groups -OCH3 is 1. The van der Waals surface area contributed by atoms with Crippen molar-refractivity contribution in [3.05, 3.63) is 57.5 Å². The number of rotatable bonds is 3. The molecule has 33 heavy (non-hydrogen) atoms. The first-order chi connectivity index (χ1) is 15.9. The minimum Gasteiger partial charge on any atom is -0.494 e. The van der Waals surface area contributed by atoms with Gasteiger partial charge in [0.25, 0.3) is 5.56 Å². The van der Waals surface area contributed by atoms with Gasteiger partial charge in [-0.05, 0) is 30.9 Å². The Balaban J connectivity index is 1.87. The SMILES string of the molecule is COc1c(Cl)c(-c2c(C)ccc3cc[nH]c(=O)c23)c(F)c2ncnc(N3CCN[C@H](C)C3)c12. The topological polar surface area (TPSA) is 83.1 Å². The molecule has 1 fully saturated rings. The second-order valence-corrected chi connectivity index (χ2v) is 8.66.